The van der Waals surface area contributed by atoms with Gasteiger partial charge in [0.25, 0.3) is 0 Å². The average molecular weight is 462 g/mol. The van der Waals surface area contributed by atoms with Crippen LogP contribution < -0.4 is 10.6 Å². The van der Waals surface area contributed by atoms with Crippen LogP contribution in [0.5, 0.6) is 0 Å². The molecule has 0 aliphatic carbocycles. The van der Waals surface area contributed by atoms with Gasteiger partial charge in [-0.05, 0) is 25.3 Å². The number of guanidine groups is 1. The van der Waals surface area contributed by atoms with Gasteiger partial charge in [0.05, 0.1) is 12.7 Å². The molecule has 142 valence electrons. The molecule has 0 spiro atoms. The van der Waals surface area contributed by atoms with Crippen molar-refractivity contribution in [1.82, 2.24) is 25.3 Å². The molecular weight excluding hydrogens is 431 g/mol. The van der Waals surface area contributed by atoms with Crippen molar-refractivity contribution in [1.29, 1.82) is 0 Å². The van der Waals surface area contributed by atoms with E-state index in [0.29, 0.717) is 18.9 Å². The quantitative estimate of drug-likeness (QED) is 0.368. The highest BCUT2D eigenvalue weighted by Crippen LogP contribution is 2.26. The van der Waals surface area contributed by atoms with Crippen LogP contribution in [-0.4, -0.2) is 59.3 Å². The third-order valence-corrected chi connectivity index (χ3v) is 4.19. The van der Waals surface area contributed by atoms with Gasteiger partial charge in [-0.3, -0.25) is 14.5 Å². The third kappa shape index (κ3) is 6.83. The minimum Gasteiger partial charge on any atom is -0.357 e. The predicted molar refractivity (Wildman–Crippen MR) is 111 cm³/mol. The molecule has 1 aliphatic rings. The standard InChI is InChI=1S/C17H30N6O.HI/c1-4-8-19-16(24)6-9-20-17(18-5-2)23-10-7-14(13-23)15-11-21-22(3)12-15;/h11-12,14H,4-10,13H2,1-3H3,(H,18,20)(H,19,24);1H. The van der Waals surface area contributed by atoms with Crippen LogP contribution in [0, 0.1) is 0 Å². The summed E-state index contributed by atoms with van der Waals surface area (Å²) >= 11 is 0. The molecular formula is C17H31IN6O. The summed E-state index contributed by atoms with van der Waals surface area (Å²) in [4.78, 5) is 18.6. The molecule has 1 saturated heterocycles. The van der Waals surface area contributed by atoms with Gasteiger partial charge in [-0.2, -0.15) is 5.10 Å². The summed E-state index contributed by atoms with van der Waals surface area (Å²) in [6.07, 6.45) is 6.55. The molecule has 0 aromatic carbocycles. The lowest BCUT2D eigenvalue weighted by atomic mass is 10.0. The number of amides is 1. The van der Waals surface area contributed by atoms with Gasteiger partial charge in [0.15, 0.2) is 5.96 Å². The molecule has 8 heteroatoms. The molecule has 1 aromatic heterocycles. The van der Waals surface area contributed by atoms with Crippen molar-refractivity contribution in [3.05, 3.63) is 18.0 Å². The van der Waals surface area contributed by atoms with Gasteiger partial charge < -0.3 is 15.5 Å². The smallest absolute Gasteiger partial charge is 0.221 e. The van der Waals surface area contributed by atoms with Gasteiger partial charge >= 0.3 is 0 Å². The van der Waals surface area contributed by atoms with Crippen LogP contribution in [0.25, 0.3) is 0 Å². The average Bonchev–Trinajstić information content (AvgIpc) is 3.21. The normalized spacial score (nSPS) is 17.3. The zero-order chi connectivity index (χ0) is 17.4. The van der Waals surface area contributed by atoms with E-state index in [2.05, 4.69) is 38.7 Å². The number of hydrogen-bond donors (Lipinski definition) is 2. The van der Waals surface area contributed by atoms with Gasteiger partial charge in [0.2, 0.25) is 5.91 Å². The molecule has 0 bridgehead atoms. The lowest BCUT2D eigenvalue weighted by Crippen LogP contribution is -2.40. The molecule has 1 amide bonds. The molecule has 0 radical (unpaired) electrons. The first-order valence-corrected chi connectivity index (χ1v) is 8.92. The van der Waals surface area contributed by atoms with E-state index in [1.165, 1.54) is 5.56 Å². The zero-order valence-corrected chi connectivity index (χ0v) is 17.8. The van der Waals surface area contributed by atoms with E-state index in [1.807, 2.05) is 24.9 Å². The van der Waals surface area contributed by atoms with Crippen LogP contribution >= 0.6 is 24.0 Å². The number of halogens is 1. The van der Waals surface area contributed by atoms with Crippen LogP contribution in [0.1, 0.15) is 44.6 Å². The number of carbonyl (C=O) groups excluding carboxylic acids is 1. The van der Waals surface area contributed by atoms with Crippen molar-refractivity contribution in [2.75, 3.05) is 32.7 Å². The fourth-order valence-electron chi connectivity index (χ4n) is 2.92. The lowest BCUT2D eigenvalue weighted by molar-refractivity contribution is -0.120. The van der Waals surface area contributed by atoms with Crippen LogP contribution in [0.15, 0.2) is 17.4 Å². The number of nitrogens with zero attached hydrogens (tertiary/aromatic N) is 4. The predicted octanol–water partition coefficient (Wildman–Crippen LogP) is 1.71. The first-order chi connectivity index (χ1) is 11.6. The maximum atomic E-state index is 11.7. The Morgan fingerprint density at radius 1 is 1.40 bits per heavy atom. The number of nitrogens with one attached hydrogen (secondary N) is 2. The van der Waals surface area contributed by atoms with E-state index in [1.54, 1.807) is 0 Å². The van der Waals surface area contributed by atoms with E-state index in [-0.39, 0.29) is 29.9 Å². The molecule has 25 heavy (non-hydrogen) atoms. The summed E-state index contributed by atoms with van der Waals surface area (Å²) in [5, 5.41) is 10.5. The van der Waals surface area contributed by atoms with Gasteiger partial charge in [-0.25, -0.2) is 0 Å². The van der Waals surface area contributed by atoms with E-state index >= 15 is 0 Å². The Balaban J connectivity index is 0.00000312. The highest BCUT2D eigenvalue weighted by Gasteiger charge is 2.26. The summed E-state index contributed by atoms with van der Waals surface area (Å²) in [6, 6.07) is 0. The van der Waals surface area contributed by atoms with Crippen molar-refractivity contribution in [2.24, 2.45) is 12.0 Å². The maximum absolute atomic E-state index is 11.7. The van der Waals surface area contributed by atoms with Crippen molar-refractivity contribution in [3.63, 3.8) is 0 Å². The number of aryl methyl sites for hydroxylation is 1. The van der Waals surface area contributed by atoms with E-state index in [9.17, 15) is 4.79 Å². The Morgan fingerprint density at radius 3 is 2.84 bits per heavy atom. The highest BCUT2D eigenvalue weighted by atomic mass is 127. The molecule has 7 nitrogen and oxygen atoms in total. The molecule has 1 atom stereocenters. The Morgan fingerprint density at radius 2 is 2.20 bits per heavy atom. The van der Waals surface area contributed by atoms with Gasteiger partial charge in [-0.1, -0.05) is 6.92 Å². The lowest BCUT2D eigenvalue weighted by Gasteiger charge is -2.21. The minimum absolute atomic E-state index is 0. The minimum atomic E-state index is 0. The highest BCUT2D eigenvalue weighted by molar-refractivity contribution is 14.0. The number of aliphatic imine (C=N–C) groups is 1. The molecule has 1 aromatic rings. The van der Waals surface area contributed by atoms with E-state index in [0.717, 1.165) is 45.0 Å². The molecule has 2 heterocycles. The molecule has 1 fully saturated rings. The summed E-state index contributed by atoms with van der Waals surface area (Å²) < 4.78 is 1.85. The largest absolute Gasteiger partial charge is 0.357 e. The maximum Gasteiger partial charge on any atom is 0.221 e. The number of carbonyl (C=O) groups is 1. The Kier molecular flexibility index (Phi) is 9.84. The zero-order valence-electron chi connectivity index (χ0n) is 15.5. The summed E-state index contributed by atoms with van der Waals surface area (Å²) in [5.74, 6) is 1.48. The Labute approximate surface area is 167 Å². The first-order valence-electron chi connectivity index (χ1n) is 8.92. The van der Waals surface area contributed by atoms with Gasteiger partial charge in [0.1, 0.15) is 0 Å². The topological polar surface area (TPSA) is 74.6 Å². The van der Waals surface area contributed by atoms with E-state index in [4.69, 9.17) is 0 Å². The molecule has 2 N–H and O–H groups in total. The van der Waals surface area contributed by atoms with Crippen molar-refractivity contribution >= 4 is 35.8 Å². The SMILES string of the molecule is CCCNC(=O)CCN=C(NCC)N1CCC(c2cnn(C)c2)C1.I. The fourth-order valence-corrected chi connectivity index (χ4v) is 2.92. The van der Waals surface area contributed by atoms with Crippen LogP contribution in [-0.2, 0) is 11.8 Å². The molecule has 2 rings (SSSR count). The Hall–Kier alpha value is -1.32. The third-order valence-electron chi connectivity index (χ3n) is 4.19. The van der Waals surface area contributed by atoms with Gasteiger partial charge in [0, 0.05) is 51.8 Å². The molecule has 1 unspecified atom stereocenters. The number of likely N-dealkylation sites (tertiary alicyclic amines) is 1. The second-order valence-corrected chi connectivity index (χ2v) is 6.21. The summed E-state index contributed by atoms with van der Waals surface area (Å²) in [6.45, 7) is 8.13. The second-order valence-electron chi connectivity index (χ2n) is 6.21. The van der Waals surface area contributed by atoms with Crippen molar-refractivity contribution in [3.8, 4) is 0 Å². The van der Waals surface area contributed by atoms with Crippen molar-refractivity contribution in [2.45, 2.75) is 39.0 Å². The molecule has 0 saturated carbocycles. The molecule has 1 aliphatic heterocycles. The first kappa shape index (κ1) is 21.7. The second kappa shape index (κ2) is 11.3. The van der Waals surface area contributed by atoms with Crippen LogP contribution in [0.2, 0.25) is 0 Å². The fraction of sp³-hybridized carbons (Fsp3) is 0.706. The summed E-state index contributed by atoms with van der Waals surface area (Å²) in [5.41, 5.74) is 1.29. The Bertz CT molecular complexity index is 559. The number of hydrogen-bond acceptors (Lipinski definition) is 3. The monoisotopic (exact) mass is 462 g/mol. The summed E-state index contributed by atoms with van der Waals surface area (Å²) in [7, 11) is 1.95. The number of aromatic nitrogens is 2. The van der Waals surface area contributed by atoms with E-state index < -0.39 is 0 Å². The van der Waals surface area contributed by atoms with Crippen LogP contribution in [0.4, 0.5) is 0 Å². The number of rotatable bonds is 7. The van der Waals surface area contributed by atoms with Crippen molar-refractivity contribution < 1.29 is 4.79 Å². The van der Waals surface area contributed by atoms with Gasteiger partial charge in [-0.15, -0.1) is 24.0 Å². The van der Waals surface area contributed by atoms with Crippen LogP contribution in [0.3, 0.4) is 0 Å².